The molecule has 0 spiro atoms. The van der Waals surface area contributed by atoms with Gasteiger partial charge in [0.05, 0.1) is 12.6 Å². The van der Waals surface area contributed by atoms with Gasteiger partial charge in [-0.2, -0.15) is 0 Å². The fraction of sp³-hybridized carbons (Fsp3) is 0.579. The Morgan fingerprint density at radius 3 is 2.65 bits per heavy atom. The number of benzene rings is 1. The molecule has 2 rings (SSSR count). The molecular weight excluding hydrogens is 336 g/mol. The first-order chi connectivity index (χ1) is 12.3. The Morgan fingerprint density at radius 1 is 1.23 bits per heavy atom. The number of amides is 2. The summed E-state index contributed by atoms with van der Waals surface area (Å²) in [6.45, 7) is 7.39. The first-order valence-corrected chi connectivity index (χ1v) is 8.87. The maximum Gasteiger partial charge on any atom is 0.410 e. The molecule has 1 heterocycles. The Kier molecular flexibility index (Phi) is 7.26. The first kappa shape index (κ1) is 20.0. The lowest BCUT2D eigenvalue weighted by molar-refractivity contribution is 0.0160. The van der Waals surface area contributed by atoms with Gasteiger partial charge in [-0.25, -0.2) is 9.59 Å². The molecule has 26 heavy (non-hydrogen) atoms. The first-order valence-electron chi connectivity index (χ1n) is 8.87. The van der Waals surface area contributed by atoms with Crippen molar-refractivity contribution in [1.82, 2.24) is 10.2 Å². The van der Waals surface area contributed by atoms with Crippen LogP contribution in [0.25, 0.3) is 0 Å². The summed E-state index contributed by atoms with van der Waals surface area (Å²) in [7, 11) is 0. The van der Waals surface area contributed by atoms with E-state index in [0.29, 0.717) is 26.2 Å². The van der Waals surface area contributed by atoms with Crippen molar-refractivity contribution in [3.05, 3.63) is 35.9 Å². The number of carbonyl (C=O) groups excluding carboxylic acids is 2. The van der Waals surface area contributed by atoms with Crippen molar-refractivity contribution in [3.63, 3.8) is 0 Å². The zero-order valence-corrected chi connectivity index (χ0v) is 15.7. The molecule has 0 radical (unpaired) electrons. The Morgan fingerprint density at radius 2 is 1.96 bits per heavy atom. The number of hydrogen-bond donors (Lipinski definition) is 1. The summed E-state index contributed by atoms with van der Waals surface area (Å²) < 4.78 is 16.1. The van der Waals surface area contributed by atoms with Gasteiger partial charge in [-0.3, -0.25) is 0 Å². The van der Waals surface area contributed by atoms with Gasteiger partial charge in [0.25, 0.3) is 0 Å². The van der Waals surface area contributed by atoms with Crippen LogP contribution in [-0.4, -0.2) is 55.0 Å². The Hall–Kier alpha value is -2.28. The predicted molar refractivity (Wildman–Crippen MR) is 96.8 cm³/mol. The van der Waals surface area contributed by atoms with Gasteiger partial charge in [0.1, 0.15) is 12.2 Å². The molecule has 1 aromatic rings. The summed E-state index contributed by atoms with van der Waals surface area (Å²) >= 11 is 0. The smallest absolute Gasteiger partial charge is 0.410 e. The van der Waals surface area contributed by atoms with Crippen molar-refractivity contribution in [2.24, 2.45) is 0 Å². The fourth-order valence-corrected chi connectivity index (χ4v) is 2.57. The molecule has 0 aliphatic carbocycles. The number of alkyl carbamates (subject to hydrolysis) is 1. The summed E-state index contributed by atoms with van der Waals surface area (Å²) in [5, 5.41) is 2.73. The van der Waals surface area contributed by atoms with Gasteiger partial charge < -0.3 is 24.4 Å². The molecule has 1 N–H and O–H groups in total. The molecule has 144 valence electrons. The number of ether oxygens (including phenoxy) is 3. The van der Waals surface area contributed by atoms with Crippen LogP contribution in [0.2, 0.25) is 0 Å². The molecule has 1 unspecified atom stereocenters. The highest BCUT2D eigenvalue weighted by atomic mass is 16.6. The van der Waals surface area contributed by atoms with E-state index in [0.717, 1.165) is 5.56 Å². The maximum atomic E-state index is 12.4. The minimum Gasteiger partial charge on any atom is -0.445 e. The van der Waals surface area contributed by atoms with Crippen molar-refractivity contribution in [1.29, 1.82) is 0 Å². The Labute approximate surface area is 154 Å². The van der Waals surface area contributed by atoms with Crippen LogP contribution < -0.4 is 5.32 Å². The van der Waals surface area contributed by atoms with Crippen molar-refractivity contribution >= 4 is 12.2 Å². The molecule has 7 nitrogen and oxygen atoms in total. The van der Waals surface area contributed by atoms with Crippen LogP contribution in [0.4, 0.5) is 9.59 Å². The van der Waals surface area contributed by atoms with Crippen LogP contribution in [0.3, 0.4) is 0 Å². The highest BCUT2D eigenvalue weighted by molar-refractivity contribution is 5.69. The number of nitrogens with one attached hydrogen (secondary N) is 1. The van der Waals surface area contributed by atoms with Crippen LogP contribution in [-0.2, 0) is 20.8 Å². The average Bonchev–Trinajstić information content (AvgIpc) is 2.83. The number of rotatable bonds is 4. The lowest BCUT2D eigenvalue weighted by Crippen LogP contribution is -2.49. The molecule has 1 saturated heterocycles. The molecule has 1 atom stereocenters. The molecule has 2 amide bonds. The van der Waals surface area contributed by atoms with E-state index in [4.69, 9.17) is 14.2 Å². The lowest BCUT2D eigenvalue weighted by Gasteiger charge is -2.31. The zero-order valence-electron chi connectivity index (χ0n) is 15.7. The molecule has 0 bridgehead atoms. The SMILES string of the molecule is CC(C)(C)OC(=O)N1CCOCCC1CNC(=O)OCc1ccccc1. The van der Waals surface area contributed by atoms with Crippen LogP contribution in [0.15, 0.2) is 30.3 Å². The lowest BCUT2D eigenvalue weighted by atomic mass is 10.2. The van der Waals surface area contributed by atoms with Crippen molar-refractivity contribution < 1.29 is 23.8 Å². The van der Waals surface area contributed by atoms with Gasteiger partial charge in [-0.15, -0.1) is 0 Å². The summed E-state index contributed by atoms with van der Waals surface area (Å²) in [5.41, 5.74) is 0.345. The van der Waals surface area contributed by atoms with E-state index < -0.39 is 17.8 Å². The third kappa shape index (κ3) is 6.92. The van der Waals surface area contributed by atoms with E-state index in [1.54, 1.807) is 4.90 Å². The van der Waals surface area contributed by atoms with E-state index in [9.17, 15) is 9.59 Å². The minimum absolute atomic E-state index is 0.198. The standard InChI is InChI=1S/C19H28N2O5/c1-19(2,3)26-18(23)21-10-12-24-11-9-16(21)13-20-17(22)25-14-15-7-5-4-6-8-15/h4-8,16H,9-14H2,1-3H3,(H,20,22). The van der Waals surface area contributed by atoms with Gasteiger partial charge >= 0.3 is 12.2 Å². The second-order valence-electron chi connectivity index (χ2n) is 7.17. The summed E-state index contributed by atoms with van der Waals surface area (Å²) in [6.07, 6.45) is -0.284. The van der Waals surface area contributed by atoms with Crippen molar-refractivity contribution in [2.45, 2.75) is 45.4 Å². The van der Waals surface area contributed by atoms with Crippen LogP contribution in [0, 0.1) is 0 Å². The predicted octanol–water partition coefficient (Wildman–Crippen LogP) is 2.94. The van der Waals surface area contributed by atoms with Gasteiger partial charge in [0, 0.05) is 19.7 Å². The van der Waals surface area contributed by atoms with E-state index in [2.05, 4.69) is 5.32 Å². The van der Waals surface area contributed by atoms with Gasteiger partial charge in [-0.05, 0) is 32.8 Å². The molecule has 0 saturated carbocycles. The molecular formula is C19H28N2O5. The summed E-state index contributed by atoms with van der Waals surface area (Å²) in [5.74, 6) is 0. The largest absolute Gasteiger partial charge is 0.445 e. The number of hydrogen-bond acceptors (Lipinski definition) is 5. The molecule has 1 fully saturated rings. The summed E-state index contributed by atoms with van der Waals surface area (Å²) in [6, 6.07) is 9.27. The highest BCUT2D eigenvalue weighted by Crippen LogP contribution is 2.15. The quantitative estimate of drug-likeness (QED) is 0.889. The summed E-state index contributed by atoms with van der Waals surface area (Å²) in [4.78, 5) is 26.0. The van der Waals surface area contributed by atoms with E-state index in [1.807, 2.05) is 51.1 Å². The second-order valence-corrected chi connectivity index (χ2v) is 7.17. The van der Waals surface area contributed by atoms with E-state index in [1.165, 1.54) is 0 Å². The van der Waals surface area contributed by atoms with E-state index in [-0.39, 0.29) is 19.2 Å². The minimum atomic E-state index is -0.573. The number of carbonyl (C=O) groups is 2. The van der Waals surface area contributed by atoms with Gasteiger partial charge in [0.15, 0.2) is 0 Å². The van der Waals surface area contributed by atoms with Gasteiger partial charge in [0.2, 0.25) is 0 Å². The number of nitrogens with zero attached hydrogens (tertiary/aromatic N) is 1. The molecule has 1 aliphatic rings. The monoisotopic (exact) mass is 364 g/mol. The normalized spacial score (nSPS) is 18.0. The zero-order chi connectivity index (χ0) is 19.0. The van der Waals surface area contributed by atoms with E-state index >= 15 is 0 Å². The molecule has 1 aliphatic heterocycles. The second kappa shape index (κ2) is 9.43. The van der Waals surface area contributed by atoms with Crippen LogP contribution >= 0.6 is 0 Å². The molecule has 1 aromatic carbocycles. The van der Waals surface area contributed by atoms with Gasteiger partial charge in [-0.1, -0.05) is 30.3 Å². The highest BCUT2D eigenvalue weighted by Gasteiger charge is 2.30. The average molecular weight is 364 g/mol. The Bertz CT molecular complexity index is 585. The van der Waals surface area contributed by atoms with Crippen molar-refractivity contribution in [3.8, 4) is 0 Å². The van der Waals surface area contributed by atoms with Crippen LogP contribution in [0.5, 0.6) is 0 Å². The topological polar surface area (TPSA) is 77.1 Å². The maximum absolute atomic E-state index is 12.4. The van der Waals surface area contributed by atoms with Crippen molar-refractivity contribution in [2.75, 3.05) is 26.3 Å². The Balaban J connectivity index is 1.85. The molecule has 0 aromatic heterocycles. The fourth-order valence-electron chi connectivity index (χ4n) is 2.57. The third-order valence-electron chi connectivity index (χ3n) is 3.84. The van der Waals surface area contributed by atoms with Crippen LogP contribution in [0.1, 0.15) is 32.8 Å². The molecule has 7 heteroatoms. The third-order valence-corrected chi connectivity index (χ3v) is 3.84.